The zero-order chi connectivity index (χ0) is 23.3. The third-order valence-corrected chi connectivity index (χ3v) is 9.71. The molecule has 6 nitrogen and oxygen atoms in total. The number of hydrogen-bond donors (Lipinski definition) is 2. The Morgan fingerprint density at radius 3 is 2.30 bits per heavy atom. The summed E-state index contributed by atoms with van der Waals surface area (Å²) < 4.78 is 30.8. The van der Waals surface area contributed by atoms with Gasteiger partial charge in [0.25, 0.3) is 0 Å². The molecular formula is C22H38FNO5Si. The molecule has 0 saturated heterocycles. The van der Waals surface area contributed by atoms with Crippen LogP contribution in [0.4, 0.5) is 9.18 Å². The lowest BCUT2D eigenvalue weighted by Crippen LogP contribution is -2.47. The van der Waals surface area contributed by atoms with Gasteiger partial charge in [0.1, 0.15) is 17.2 Å². The van der Waals surface area contributed by atoms with E-state index in [0.29, 0.717) is 11.3 Å². The van der Waals surface area contributed by atoms with Crippen LogP contribution in [0.15, 0.2) is 18.2 Å². The van der Waals surface area contributed by atoms with Crippen molar-refractivity contribution in [3.63, 3.8) is 0 Å². The van der Waals surface area contributed by atoms with Gasteiger partial charge < -0.3 is 24.3 Å². The normalized spacial score (nSPS) is 14.8. The van der Waals surface area contributed by atoms with Crippen LogP contribution >= 0.6 is 0 Å². The minimum absolute atomic E-state index is 0.0569. The standard InChI is InChI=1S/C22H38FNO5Si/c1-21(2,3)28-20(26)24-14-16(29-30(8,9)22(4,5)6)13-18(25)17-12-15(23)10-11-19(17)27-7/h10-12,16,18,25H,13-14H2,1-9H3,(H,24,26)/t16-,18?/m1/s1. The Kier molecular flexibility index (Phi) is 8.89. The van der Waals surface area contributed by atoms with E-state index in [4.69, 9.17) is 13.9 Å². The molecule has 1 amide bonds. The van der Waals surface area contributed by atoms with Crippen molar-refractivity contribution in [2.75, 3.05) is 13.7 Å². The third kappa shape index (κ3) is 8.24. The molecule has 1 unspecified atom stereocenters. The summed E-state index contributed by atoms with van der Waals surface area (Å²) in [7, 11) is -0.727. The van der Waals surface area contributed by atoms with Gasteiger partial charge in [0.15, 0.2) is 8.32 Å². The predicted octanol–water partition coefficient (Wildman–Crippen LogP) is 5.17. The van der Waals surface area contributed by atoms with Crippen molar-refractivity contribution in [1.82, 2.24) is 5.32 Å². The highest BCUT2D eigenvalue weighted by molar-refractivity contribution is 6.74. The maximum Gasteiger partial charge on any atom is 0.407 e. The molecule has 0 radical (unpaired) electrons. The fraction of sp³-hybridized carbons (Fsp3) is 0.682. The molecule has 0 aliphatic rings. The van der Waals surface area contributed by atoms with E-state index in [1.807, 2.05) is 0 Å². The van der Waals surface area contributed by atoms with Crippen LogP contribution in [-0.4, -0.2) is 44.9 Å². The second kappa shape index (κ2) is 10.1. The first-order chi connectivity index (χ1) is 13.6. The zero-order valence-electron chi connectivity index (χ0n) is 19.8. The molecule has 0 aliphatic heterocycles. The molecule has 0 heterocycles. The summed E-state index contributed by atoms with van der Waals surface area (Å²) in [6, 6.07) is 4.02. The molecule has 0 bridgehead atoms. The second-order valence-electron chi connectivity index (χ2n) is 10.0. The van der Waals surface area contributed by atoms with Crippen molar-refractivity contribution in [2.24, 2.45) is 0 Å². The monoisotopic (exact) mass is 443 g/mol. The molecule has 0 aromatic heterocycles. The average Bonchev–Trinajstić information content (AvgIpc) is 2.56. The van der Waals surface area contributed by atoms with Crippen LogP contribution in [0.1, 0.15) is 59.6 Å². The zero-order valence-corrected chi connectivity index (χ0v) is 20.8. The van der Waals surface area contributed by atoms with Crippen LogP contribution in [0, 0.1) is 5.82 Å². The van der Waals surface area contributed by atoms with E-state index in [1.165, 1.54) is 25.3 Å². The largest absolute Gasteiger partial charge is 0.496 e. The molecule has 1 aromatic rings. The Bertz CT molecular complexity index is 712. The highest BCUT2D eigenvalue weighted by Crippen LogP contribution is 2.38. The number of hydrogen-bond acceptors (Lipinski definition) is 5. The number of halogens is 1. The lowest BCUT2D eigenvalue weighted by atomic mass is 10.0. The van der Waals surface area contributed by atoms with Crippen LogP contribution in [-0.2, 0) is 9.16 Å². The maximum absolute atomic E-state index is 13.8. The Hall–Kier alpha value is -1.64. The van der Waals surface area contributed by atoms with Gasteiger partial charge in [-0.05, 0) is 57.1 Å². The first-order valence-electron chi connectivity index (χ1n) is 10.2. The minimum atomic E-state index is -2.20. The molecular weight excluding hydrogens is 405 g/mol. The highest BCUT2D eigenvalue weighted by atomic mass is 28.4. The van der Waals surface area contributed by atoms with E-state index >= 15 is 0 Å². The number of carbonyl (C=O) groups excluding carboxylic acids is 1. The predicted molar refractivity (Wildman–Crippen MR) is 119 cm³/mol. The maximum atomic E-state index is 13.8. The lowest BCUT2D eigenvalue weighted by Gasteiger charge is -2.40. The fourth-order valence-corrected chi connectivity index (χ4v) is 3.99. The van der Waals surface area contributed by atoms with Gasteiger partial charge in [-0.3, -0.25) is 0 Å². The third-order valence-electron chi connectivity index (χ3n) is 5.18. The Labute approximate surface area is 181 Å². The average molecular weight is 444 g/mol. The number of methoxy groups -OCH3 is 1. The van der Waals surface area contributed by atoms with Crippen LogP contribution in [0.2, 0.25) is 18.1 Å². The Morgan fingerprint density at radius 1 is 1.20 bits per heavy atom. The summed E-state index contributed by atoms with van der Waals surface area (Å²) in [6.07, 6.45) is -1.89. The van der Waals surface area contributed by atoms with E-state index < -0.39 is 38.0 Å². The van der Waals surface area contributed by atoms with Gasteiger partial charge in [0.05, 0.1) is 19.3 Å². The van der Waals surface area contributed by atoms with Crippen molar-refractivity contribution < 1.29 is 28.2 Å². The number of rotatable bonds is 8. The van der Waals surface area contributed by atoms with Gasteiger partial charge in [-0.2, -0.15) is 0 Å². The first-order valence-corrected chi connectivity index (χ1v) is 13.1. The fourth-order valence-electron chi connectivity index (χ4n) is 2.62. The number of aliphatic hydroxyl groups is 1. The minimum Gasteiger partial charge on any atom is -0.496 e. The number of aliphatic hydroxyl groups excluding tert-OH is 1. The SMILES string of the molecule is COc1ccc(F)cc1C(O)C[C@H](CNC(=O)OC(C)(C)C)O[Si](C)(C)C(C)(C)C. The smallest absolute Gasteiger partial charge is 0.407 e. The molecule has 1 aromatic carbocycles. The van der Waals surface area contributed by atoms with Crippen LogP contribution in [0.5, 0.6) is 5.75 Å². The van der Waals surface area contributed by atoms with Gasteiger partial charge in [-0.25, -0.2) is 9.18 Å². The van der Waals surface area contributed by atoms with Crippen molar-refractivity contribution >= 4 is 14.4 Å². The molecule has 0 fully saturated rings. The summed E-state index contributed by atoms with van der Waals surface area (Å²) >= 11 is 0. The number of amides is 1. The van der Waals surface area contributed by atoms with Crippen molar-refractivity contribution in [1.29, 1.82) is 0 Å². The molecule has 1 rings (SSSR count). The van der Waals surface area contributed by atoms with E-state index in [0.717, 1.165) is 0 Å². The molecule has 8 heteroatoms. The van der Waals surface area contributed by atoms with Gasteiger partial charge >= 0.3 is 6.09 Å². The quantitative estimate of drug-likeness (QED) is 0.542. The van der Waals surface area contributed by atoms with Crippen molar-refractivity contribution in [2.45, 2.75) is 83.9 Å². The van der Waals surface area contributed by atoms with Gasteiger partial charge in [-0.15, -0.1) is 0 Å². The summed E-state index contributed by atoms with van der Waals surface area (Å²) in [4.78, 5) is 12.1. The summed E-state index contributed by atoms with van der Waals surface area (Å²) in [5, 5.41) is 13.5. The molecule has 2 N–H and O–H groups in total. The van der Waals surface area contributed by atoms with Crippen LogP contribution < -0.4 is 10.1 Å². The summed E-state index contributed by atoms with van der Waals surface area (Å²) in [5.41, 5.74) is -0.271. The van der Waals surface area contributed by atoms with E-state index in [9.17, 15) is 14.3 Å². The Morgan fingerprint density at radius 2 is 1.80 bits per heavy atom. The molecule has 0 spiro atoms. The van der Waals surface area contributed by atoms with Gasteiger partial charge in [0, 0.05) is 18.5 Å². The molecule has 172 valence electrons. The Balaban J connectivity index is 3.02. The summed E-state index contributed by atoms with van der Waals surface area (Å²) in [5.74, 6) is -0.0614. The molecule has 0 saturated carbocycles. The van der Waals surface area contributed by atoms with Crippen LogP contribution in [0.25, 0.3) is 0 Å². The molecule has 2 atom stereocenters. The highest BCUT2D eigenvalue weighted by Gasteiger charge is 2.39. The number of ether oxygens (including phenoxy) is 2. The van der Waals surface area contributed by atoms with Crippen molar-refractivity contribution in [3.8, 4) is 5.75 Å². The number of carbonyl (C=O) groups is 1. The van der Waals surface area contributed by atoms with Crippen LogP contribution in [0.3, 0.4) is 0 Å². The topological polar surface area (TPSA) is 77.0 Å². The number of nitrogens with one attached hydrogen (secondary N) is 1. The molecule has 0 aliphatic carbocycles. The van der Waals surface area contributed by atoms with E-state index in [2.05, 4.69) is 39.2 Å². The summed E-state index contributed by atoms with van der Waals surface area (Å²) in [6.45, 7) is 16.1. The van der Waals surface area contributed by atoms with Crippen molar-refractivity contribution in [3.05, 3.63) is 29.6 Å². The van der Waals surface area contributed by atoms with Gasteiger partial charge in [0.2, 0.25) is 0 Å². The first kappa shape index (κ1) is 26.4. The van der Waals surface area contributed by atoms with E-state index in [-0.39, 0.29) is 18.0 Å². The van der Waals surface area contributed by atoms with Gasteiger partial charge in [-0.1, -0.05) is 20.8 Å². The molecule has 30 heavy (non-hydrogen) atoms. The van der Waals surface area contributed by atoms with E-state index in [1.54, 1.807) is 20.8 Å². The number of benzene rings is 1. The lowest BCUT2D eigenvalue weighted by molar-refractivity contribution is 0.0451. The number of alkyl carbamates (subject to hydrolysis) is 1. The second-order valence-corrected chi connectivity index (χ2v) is 14.8.